The monoisotopic (exact) mass is 296 g/mol. The van der Waals surface area contributed by atoms with Crippen molar-refractivity contribution < 1.29 is 4.79 Å². The molecule has 0 aromatic heterocycles. The number of hydrogen-bond donors (Lipinski definition) is 2. The number of nitrogens with two attached hydrogens (primary N) is 1. The number of rotatable bonds is 7. The van der Waals surface area contributed by atoms with Crippen molar-refractivity contribution in [1.29, 1.82) is 0 Å². The molecule has 3 N–H and O–H groups in total. The molecule has 116 valence electrons. The van der Waals surface area contributed by atoms with Crippen molar-refractivity contribution in [3.8, 4) is 0 Å². The number of carbonyl (C=O) groups is 1. The highest BCUT2D eigenvalue weighted by molar-refractivity contribution is 5.76. The molecule has 22 heavy (non-hydrogen) atoms. The lowest BCUT2D eigenvalue weighted by Crippen LogP contribution is -2.33. The predicted molar refractivity (Wildman–Crippen MR) is 91.5 cm³/mol. The molecule has 0 saturated carbocycles. The molecule has 3 heteroatoms. The Morgan fingerprint density at radius 1 is 1.05 bits per heavy atom. The fourth-order valence-electron chi connectivity index (χ4n) is 2.46. The highest BCUT2D eigenvalue weighted by Crippen LogP contribution is 2.12. The molecule has 1 atom stereocenters. The Morgan fingerprint density at radius 3 is 2.45 bits per heavy atom. The van der Waals surface area contributed by atoms with Gasteiger partial charge in [0, 0.05) is 18.2 Å². The molecule has 0 aliphatic carbocycles. The molecule has 0 radical (unpaired) electrons. The van der Waals surface area contributed by atoms with Gasteiger partial charge in [0.15, 0.2) is 0 Å². The summed E-state index contributed by atoms with van der Waals surface area (Å²) >= 11 is 0. The van der Waals surface area contributed by atoms with Gasteiger partial charge in [-0.15, -0.1) is 0 Å². The maximum atomic E-state index is 12.0. The first kappa shape index (κ1) is 16.1. The number of hydrogen-bond acceptors (Lipinski definition) is 2. The Balaban J connectivity index is 1.71. The van der Waals surface area contributed by atoms with E-state index >= 15 is 0 Å². The second kappa shape index (κ2) is 8.23. The minimum Gasteiger partial charge on any atom is -0.399 e. The van der Waals surface area contributed by atoms with Crippen LogP contribution in [0.2, 0.25) is 0 Å². The number of nitrogen functional groups attached to an aromatic ring is 1. The molecule has 0 aliphatic rings. The van der Waals surface area contributed by atoms with Crippen molar-refractivity contribution in [2.24, 2.45) is 0 Å². The first-order valence-electron chi connectivity index (χ1n) is 7.82. The van der Waals surface area contributed by atoms with Crippen LogP contribution < -0.4 is 11.1 Å². The Morgan fingerprint density at radius 2 is 1.73 bits per heavy atom. The zero-order chi connectivity index (χ0) is 15.8. The van der Waals surface area contributed by atoms with Crippen molar-refractivity contribution >= 4 is 11.6 Å². The molecule has 3 nitrogen and oxygen atoms in total. The van der Waals surface area contributed by atoms with Crippen LogP contribution in [0.4, 0.5) is 5.69 Å². The molecule has 0 saturated heterocycles. The van der Waals surface area contributed by atoms with Gasteiger partial charge in [-0.1, -0.05) is 48.5 Å². The first-order chi connectivity index (χ1) is 10.6. The van der Waals surface area contributed by atoms with Crippen LogP contribution >= 0.6 is 0 Å². The van der Waals surface area contributed by atoms with Crippen LogP contribution in [-0.4, -0.2) is 11.9 Å². The van der Waals surface area contributed by atoms with Gasteiger partial charge in [-0.2, -0.15) is 0 Å². The molecule has 0 heterocycles. The molecule has 0 aliphatic heterocycles. The van der Waals surface area contributed by atoms with Crippen molar-refractivity contribution in [3.63, 3.8) is 0 Å². The zero-order valence-electron chi connectivity index (χ0n) is 13.1. The number of aryl methyl sites for hydroxylation is 2. The molecule has 1 amide bonds. The topological polar surface area (TPSA) is 55.1 Å². The molecule has 0 fully saturated rings. The second-order valence-corrected chi connectivity index (χ2v) is 5.69. The molecule has 2 rings (SSSR count). The average Bonchev–Trinajstić information content (AvgIpc) is 2.53. The average molecular weight is 296 g/mol. The summed E-state index contributed by atoms with van der Waals surface area (Å²) in [4.78, 5) is 12.0. The third-order valence-corrected chi connectivity index (χ3v) is 3.79. The van der Waals surface area contributed by atoms with Crippen LogP contribution in [0, 0.1) is 0 Å². The largest absolute Gasteiger partial charge is 0.399 e. The van der Waals surface area contributed by atoms with Crippen molar-refractivity contribution in [2.75, 3.05) is 5.73 Å². The molecule has 0 spiro atoms. The summed E-state index contributed by atoms with van der Waals surface area (Å²) in [6.45, 7) is 2.05. The van der Waals surface area contributed by atoms with E-state index in [1.807, 2.05) is 42.5 Å². The van der Waals surface area contributed by atoms with Gasteiger partial charge in [0.1, 0.15) is 0 Å². The Kier molecular flexibility index (Phi) is 6.01. The van der Waals surface area contributed by atoms with Gasteiger partial charge in [0.2, 0.25) is 5.91 Å². The number of nitrogens with one attached hydrogen (secondary N) is 1. The van der Waals surface area contributed by atoms with E-state index in [0.717, 1.165) is 24.1 Å². The summed E-state index contributed by atoms with van der Waals surface area (Å²) in [5.41, 5.74) is 8.99. The number of anilines is 1. The molecular weight excluding hydrogens is 272 g/mol. The van der Waals surface area contributed by atoms with E-state index in [1.54, 1.807) is 0 Å². The Bertz CT molecular complexity index is 595. The lowest BCUT2D eigenvalue weighted by Gasteiger charge is -2.14. The van der Waals surface area contributed by atoms with Gasteiger partial charge < -0.3 is 11.1 Å². The van der Waals surface area contributed by atoms with E-state index in [1.165, 1.54) is 5.56 Å². The van der Waals surface area contributed by atoms with E-state index < -0.39 is 0 Å². The van der Waals surface area contributed by atoms with E-state index in [2.05, 4.69) is 24.4 Å². The van der Waals surface area contributed by atoms with Crippen molar-refractivity contribution in [3.05, 3.63) is 65.7 Å². The highest BCUT2D eigenvalue weighted by Gasteiger charge is 2.08. The lowest BCUT2D eigenvalue weighted by molar-refractivity contribution is -0.121. The Hall–Kier alpha value is -2.29. The standard InChI is InChI=1S/C19H24N2O/c1-15(11-12-16-7-3-2-4-8-16)21-19(22)14-13-17-9-5-6-10-18(17)20/h2-10,15H,11-14,20H2,1H3,(H,21,22). The van der Waals surface area contributed by atoms with Crippen LogP contribution in [0.5, 0.6) is 0 Å². The molecule has 2 aromatic rings. The van der Waals surface area contributed by atoms with E-state index in [4.69, 9.17) is 5.73 Å². The van der Waals surface area contributed by atoms with Gasteiger partial charge in [-0.3, -0.25) is 4.79 Å². The number of amides is 1. The van der Waals surface area contributed by atoms with Crippen LogP contribution in [0.15, 0.2) is 54.6 Å². The molecular formula is C19H24N2O. The van der Waals surface area contributed by atoms with Crippen molar-refractivity contribution in [2.45, 2.75) is 38.6 Å². The third kappa shape index (κ3) is 5.24. The van der Waals surface area contributed by atoms with Crippen LogP contribution in [0.3, 0.4) is 0 Å². The van der Waals surface area contributed by atoms with Gasteiger partial charge in [0.05, 0.1) is 0 Å². The fourth-order valence-corrected chi connectivity index (χ4v) is 2.46. The summed E-state index contributed by atoms with van der Waals surface area (Å²) in [7, 11) is 0. The van der Waals surface area contributed by atoms with Crippen LogP contribution in [-0.2, 0) is 17.6 Å². The predicted octanol–water partition coefficient (Wildman–Crippen LogP) is 3.34. The van der Waals surface area contributed by atoms with E-state index in [0.29, 0.717) is 12.8 Å². The molecule has 1 unspecified atom stereocenters. The Labute approximate surface area is 132 Å². The normalized spacial score (nSPS) is 11.9. The van der Waals surface area contributed by atoms with Gasteiger partial charge in [0.25, 0.3) is 0 Å². The minimum absolute atomic E-state index is 0.0869. The summed E-state index contributed by atoms with van der Waals surface area (Å²) in [6, 6.07) is 18.2. The summed E-state index contributed by atoms with van der Waals surface area (Å²) in [6.07, 6.45) is 3.09. The molecule has 2 aromatic carbocycles. The zero-order valence-corrected chi connectivity index (χ0v) is 13.1. The lowest BCUT2D eigenvalue weighted by atomic mass is 10.1. The minimum atomic E-state index is 0.0869. The summed E-state index contributed by atoms with van der Waals surface area (Å²) < 4.78 is 0. The quantitative estimate of drug-likeness (QED) is 0.770. The SMILES string of the molecule is CC(CCc1ccccc1)NC(=O)CCc1ccccc1N. The second-order valence-electron chi connectivity index (χ2n) is 5.69. The smallest absolute Gasteiger partial charge is 0.220 e. The summed E-state index contributed by atoms with van der Waals surface area (Å²) in [5, 5.41) is 3.06. The maximum Gasteiger partial charge on any atom is 0.220 e. The third-order valence-electron chi connectivity index (χ3n) is 3.79. The van der Waals surface area contributed by atoms with Crippen LogP contribution in [0.1, 0.15) is 30.9 Å². The highest BCUT2D eigenvalue weighted by atomic mass is 16.1. The first-order valence-corrected chi connectivity index (χ1v) is 7.82. The number of benzene rings is 2. The van der Waals surface area contributed by atoms with Crippen molar-refractivity contribution in [1.82, 2.24) is 5.32 Å². The van der Waals surface area contributed by atoms with Crippen LogP contribution in [0.25, 0.3) is 0 Å². The fraction of sp³-hybridized carbons (Fsp3) is 0.316. The van der Waals surface area contributed by atoms with Gasteiger partial charge in [-0.25, -0.2) is 0 Å². The van der Waals surface area contributed by atoms with Gasteiger partial charge in [-0.05, 0) is 43.4 Å². The summed E-state index contributed by atoms with van der Waals surface area (Å²) in [5.74, 6) is 0.0869. The number of para-hydroxylation sites is 1. The van der Waals surface area contributed by atoms with E-state index in [-0.39, 0.29) is 11.9 Å². The molecule has 0 bridgehead atoms. The van der Waals surface area contributed by atoms with Gasteiger partial charge >= 0.3 is 0 Å². The number of carbonyl (C=O) groups excluding carboxylic acids is 1. The maximum absolute atomic E-state index is 12.0. The van der Waals surface area contributed by atoms with E-state index in [9.17, 15) is 4.79 Å².